The lowest BCUT2D eigenvalue weighted by atomic mass is 10.1. The fraction of sp³-hybridized carbons (Fsp3) is 0.400. The maximum atomic E-state index is 8.59. The van der Waals surface area contributed by atoms with E-state index in [1.165, 1.54) is 0 Å². The van der Waals surface area contributed by atoms with Crippen LogP contribution in [0.3, 0.4) is 0 Å². The SMILES string of the molecule is C=CC(=N/C(C#N)=C\C)C(C)C. The van der Waals surface area contributed by atoms with Crippen LogP contribution in [-0.4, -0.2) is 5.71 Å². The Hall–Kier alpha value is -1.36. The first-order valence-corrected chi connectivity index (χ1v) is 3.93. The molecule has 64 valence electrons. The highest BCUT2D eigenvalue weighted by atomic mass is 14.8. The third-order valence-electron chi connectivity index (χ3n) is 1.44. The molecule has 0 aliphatic heterocycles. The molecule has 0 radical (unpaired) electrons. The van der Waals surface area contributed by atoms with E-state index in [0.717, 1.165) is 5.71 Å². The van der Waals surface area contributed by atoms with E-state index in [2.05, 4.69) is 11.6 Å². The summed E-state index contributed by atoms with van der Waals surface area (Å²) in [6.45, 7) is 9.47. The first kappa shape index (κ1) is 10.6. The molecule has 12 heavy (non-hydrogen) atoms. The van der Waals surface area contributed by atoms with Gasteiger partial charge in [-0.2, -0.15) is 5.26 Å². The Morgan fingerprint density at radius 2 is 2.17 bits per heavy atom. The molecule has 0 spiro atoms. The highest BCUT2D eigenvalue weighted by molar-refractivity contribution is 5.96. The van der Waals surface area contributed by atoms with E-state index in [0.29, 0.717) is 11.6 Å². The predicted octanol–water partition coefficient (Wildman–Crippen LogP) is 2.70. The van der Waals surface area contributed by atoms with Gasteiger partial charge in [0, 0.05) is 5.71 Å². The zero-order chi connectivity index (χ0) is 9.56. The van der Waals surface area contributed by atoms with Gasteiger partial charge < -0.3 is 0 Å². The van der Waals surface area contributed by atoms with Crippen molar-refractivity contribution in [1.29, 1.82) is 5.26 Å². The molecule has 0 N–H and O–H groups in total. The number of nitriles is 1. The van der Waals surface area contributed by atoms with Crippen molar-refractivity contribution in [3.05, 3.63) is 24.4 Å². The summed E-state index contributed by atoms with van der Waals surface area (Å²) in [5.41, 5.74) is 1.29. The van der Waals surface area contributed by atoms with E-state index in [9.17, 15) is 0 Å². The molecule has 0 aliphatic rings. The Morgan fingerprint density at radius 3 is 2.42 bits per heavy atom. The third kappa shape index (κ3) is 3.16. The van der Waals surface area contributed by atoms with E-state index >= 15 is 0 Å². The first-order valence-electron chi connectivity index (χ1n) is 3.93. The van der Waals surface area contributed by atoms with Gasteiger partial charge in [-0.05, 0) is 18.9 Å². The number of nitrogens with zero attached hydrogens (tertiary/aromatic N) is 2. The Bertz CT molecular complexity index is 252. The lowest BCUT2D eigenvalue weighted by molar-refractivity contribution is 0.887. The Morgan fingerprint density at radius 1 is 1.58 bits per heavy atom. The number of allylic oxidation sites excluding steroid dienone is 3. The minimum Gasteiger partial charge on any atom is -0.242 e. The molecule has 0 aromatic heterocycles. The third-order valence-corrected chi connectivity index (χ3v) is 1.44. The summed E-state index contributed by atoms with van der Waals surface area (Å²) in [6.07, 6.45) is 3.37. The van der Waals surface area contributed by atoms with Crippen LogP contribution < -0.4 is 0 Å². The number of aliphatic imine (C=N–C) groups is 1. The molecule has 2 nitrogen and oxygen atoms in total. The van der Waals surface area contributed by atoms with Gasteiger partial charge in [0.2, 0.25) is 0 Å². The lowest BCUT2D eigenvalue weighted by Gasteiger charge is -2.02. The quantitative estimate of drug-likeness (QED) is 0.464. The van der Waals surface area contributed by atoms with Crippen LogP contribution in [0.15, 0.2) is 29.4 Å². The van der Waals surface area contributed by atoms with Gasteiger partial charge in [-0.25, -0.2) is 4.99 Å². The van der Waals surface area contributed by atoms with Crippen molar-refractivity contribution in [3.63, 3.8) is 0 Å². The van der Waals surface area contributed by atoms with E-state index in [4.69, 9.17) is 5.26 Å². The second kappa shape index (κ2) is 5.31. The maximum absolute atomic E-state index is 8.59. The summed E-state index contributed by atoms with van der Waals surface area (Å²) in [5, 5.41) is 8.59. The average Bonchev–Trinajstić information content (AvgIpc) is 2.06. The van der Waals surface area contributed by atoms with E-state index in [1.54, 1.807) is 19.1 Å². The monoisotopic (exact) mass is 162 g/mol. The molecule has 0 saturated carbocycles. The normalized spacial score (nSPS) is 12.9. The molecule has 0 atom stereocenters. The van der Waals surface area contributed by atoms with Crippen molar-refractivity contribution in [2.24, 2.45) is 10.9 Å². The van der Waals surface area contributed by atoms with Gasteiger partial charge in [0.25, 0.3) is 0 Å². The molecular formula is C10H14N2. The number of hydrogen-bond acceptors (Lipinski definition) is 2. The molecule has 2 heteroatoms. The minimum atomic E-state index is 0.311. The maximum Gasteiger partial charge on any atom is 0.136 e. The molecule has 0 bridgehead atoms. The topological polar surface area (TPSA) is 36.1 Å². The van der Waals surface area contributed by atoms with Crippen molar-refractivity contribution >= 4 is 5.71 Å². The van der Waals surface area contributed by atoms with Crippen LogP contribution >= 0.6 is 0 Å². The predicted molar refractivity (Wildman–Crippen MR) is 51.8 cm³/mol. The Labute approximate surface area is 73.9 Å². The van der Waals surface area contributed by atoms with E-state index < -0.39 is 0 Å². The lowest BCUT2D eigenvalue weighted by Crippen LogP contribution is -2.03. The van der Waals surface area contributed by atoms with Crippen LogP contribution in [0.25, 0.3) is 0 Å². The molecule has 0 unspecified atom stereocenters. The molecule has 0 saturated heterocycles. The number of hydrogen-bond donors (Lipinski definition) is 0. The zero-order valence-electron chi connectivity index (χ0n) is 7.83. The molecule has 0 amide bonds. The zero-order valence-corrected chi connectivity index (χ0v) is 7.83. The Balaban J connectivity index is 4.73. The van der Waals surface area contributed by atoms with Gasteiger partial charge in [-0.15, -0.1) is 0 Å². The second-order valence-electron chi connectivity index (χ2n) is 2.68. The molecule has 0 aromatic rings. The van der Waals surface area contributed by atoms with Gasteiger partial charge >= 0.3 is 0 Å². The largest absolute Gasteiger partial charge is 0.242 e. The van der Waals surface area contributed by atoms with Crippen molar-refractivity contribution in [2.75, 3.05) is 0 Å². The van der Waals surface area contributed by atoms with E-state index in [1.807, 2.05) is 19.9 Å². The van der Waals surface area contributed by atoms with Crippen molar-refractivity contribution in [3.8, 4) is 6.07 Å². The average molecular weight is 162 g/mol. The first-order chi connectivity index (χ1) is 5.65. The molecular weight excluding hydrogens is 148 g/mol. The van der Waals surface area contributed by atoms with Gasteiger partial charge in [0.1, 0.15) is 11.8 Å². The fourth-order valence-corrected chi connectivity index (χ4v) is 0.704. The molecule has 0 aromatic carbocycles. The minimum absolute atomic E-state index is 0.311. The molecule has 0 aliphatic carbocycles. The summed E-state index contributed by atoms with van der Waals surface area (Å²) in [4.78, 5) is 4.13. The number of rotatable bonds is 3. The highest BCUT2D eigenvalue weighted by Gasteiger charge is 2.00. The second-order valence-corrected chi connectivity index (χ2v) is 2.68. The summed E-state index contributed by atoms with van der Waals surface area (Å²) >= 11 is 0. The fourth-order valence-electron chi connectivity index (χ4n) is 0.704. The smallest absolute Gasteiger partial charge is 0.136 e. The van der Waals surface area contributed by atoms with Crippen molar-refractivity contribution in [1.82, 2.24) is 0 Å². The van der Waals surface area contributed by atoms with Crippen molar-refractivity contribution in [2.45, 2.75) is 20.8 Å². The molecule has 0 fully saturated rings. The summed E-state index contributed by atoms with van der Waals surface area (Å²) in [5.74, 6) is 0.311. The van der Waals surface area contributed by atoms with Gasteiger partial charge in [0.05, 0.1) is 0 Å². The Kier molecular flexibility index (Phi) is 4.71. The van der Waals surface area contributed by atoms with Crippen LogP contribution in [0.2, 0.25) is 0 Å². The summed E-state index contributed by atoms with van der Waals surface area (Å²) in [6, 6.07) is 2.00. The van der Waals surface area contributed by atoms with Crippen LogP contribution in [-0.2, 0) is 0 Å². The molecule has 0 rings (SSSR count). The van der Waals surface area contributed by atoms with Crippen LogP contribution in [0.5, 0.6) is 0 Å². The van der Waals surface area contributed by atoms with Crippen LogP contribution in [0, 0.1) is 17.2 Å². The molecule has 0 heterocycles. The van der Waals surface area contributed by atoms with Crippen molar-refractivity contribution < 1.29 is 0 Å². The summed E-state index contributed by atoms with van der Waals surface area (Å²) in [7, 11) is 0. The van der Waals surface area contributed by atoms with Gasteiger partial charge in [-0.1, -0.05) is 26.5 Å². The van der Waals surface area contributed by atoms with Crippen LogP contribution in [0.1, 0.15) is 20.8 Å². The standard InChI is InChI=1S/C10H14N2/c1-5-9(7-11)12-10(6-2)8(3)4/h5-6,8H,2H2,1,3-4H3/b9-5-,12-10?. The van der Waals surface area contributed by atoms with Gasteiger partial charge in [0.15, 0.2) is 0 Å². The summed E-state index contributed by atoms with van der Waals surface area (Å²) < 4.78 is 0. The van der Waals surface area contributed by atoms with E-state index in [-0.39, 0.29) is 0 Å². The highest BCUT2D eigenvalue weighted by Crippen LogP contribution is 2.03. The van der Waals surface area contributed by atoms with Gasteiger partial charge in [-0.3, -0.25) is 0 Å². The van der Waals surface area contributed by atoms with Crippen LogP contribution in [0.4, 0.5) is 0 Å².